The number of nitrogens with zero attached hydrogens (tertiary/aromatic N) is 3. The number of hydrogen-bond acceptors (Lipinski definition) is 11. The lowest BCUT2D eigenvalue weighted by molar-refractivity contribution is -0.144. The predicted molar refractivity (Wildman–Crippen MR) is 134 cm³/mol. The number of rotatable bonds is 11. The normalized spacial score (nSPS) is 19.1. The van der Waals surface area contributed by atoms with Crippen LogP contribution in [0.3, 0.4) is 0 Å². The monoisotopic (exact) mass is 554 g/mol. The Bertz CT molecular complexity index is 1130. The summed E-state index contributed by atoms with van der Waals surface area (Å²) < 4.78 is 5.14. The van der Waals surface area contributed by atoms with E-state index in [9.17, 15) is 24.0 Å². The maximum atomic E-state index is 13.0. The van der Waals surface area contributed by atoms with Gasteiger partial charge in [0.25, 0.3) is 11.8 Å². The summed E-state index contributed by atoms with van der Waals surface area (Å²) in [6, 6.07) is -0.890. The molecule has 0 radical (unpaired) electrons. The highest BCUT2D eigenvalue weighted by Gasteiger charge is 2.50. The number of aromatic nitrogens is 1. The number of carboxylic acids is 1. The molecule has 2 aliphatic heterocycles. The third-order valence-corrected chi connectivity index (χ3v) is 6.82. The third-order valence-electron chi connectivity index (χ3n) is 4.73. The van der Waals surface area contributed by atoms with E-state index in [0.29, 0.717) is 12.8 Å². The smallest absolute Gasteiger partial charge is 0.407 e. The summed E-state index contributed by atoms with van der Waals surface area (Å²) in [7, 11) is 0. The van der Waals surface area contributed by atoms with Crippen molar-refractivity contribution < 1.29 is 38.7 Å². The fraction of sp³-hybridized carbons (Fsp3) is 0.476. The molecule has 4 N–H and O–H groups in total. The first kappa shape index (κ1) is 27.9. The van der Waals surface area contributed by atoms with Crippen molar-refractivity contribution in [3.05, 3.63) is 22.8 Å². The van der Waals surface area contributed by atoms with Gasteiger partial charge >= 0.3 is 12.1 Å². The number of carbonyl (C=O) groups is 5. The zero-order valence-electron chi connectivity index (χ0n) is 20.2. The van der Waals surface area contributed by atoms with E-state index in [2.05, 4.69) is 26.1 Å². The Balaban J connectivity index is 1.61. The minimum atomic E-state index is -1.11. The van der Waals surface area contributed by atoms with Gasteiger partial charge in [-0.2, -0.15) is 0 Å². The Hall–Kier alpha value is -3.66. The highest BCUT2D eigenvalue weighted by Crippen LogP contribution is 2.36. The van der Waals surface area contributed by atoms with Crippen molar-refractivity contribution in [2.45, 2.75) is 44.2 Å². The molecule has 1 aromatic rings. The number of oxime groups is 1. The van der Waals surface area contributed by atoms with E-state index in [1.165, 1.54) is 28.2 Å². The molecule has 3 rings (SSSR count). The van der Waals surface area contributed by atoms with Crippen LogP contribution in [0.5, 0.6) is 0 Å². The van der Waals surface area contributed by atoms with Crippen molar-refractivity contribution in [2.24, 2.45) is 5.16 Å². The van der Waals surface area contributed by atoms with Crippen molar-refractivity contribution in [3.8, 4) is 0 Å². The van der Waals surface area contributed by atoms with Gasteiger partial charge in [0.05, 0.1) is 5.57 Å². The minimum Gasteiger partial charge on any atom is -0.478 e. The van der Waals surface area contributed by atoms with Crippen molar-refractivity contribution >= 4 is 64.2 Å². The van der Waals surface area contributed by atoms with Gasteiger partial charge in [-0.25, -0.2) is 14.6 Å². The summed E-state index contributed by atoms with van der Waals surface area (Å²) in [5.74, 6) is -2.12. The number of thioether (sulfide) groups is 1. The SMILES string of the molecule is CC(C)(C)OC(=O)NCCCON=C(C(=O)NC1C(=O)N2C=C(C(=O)O)CS[C@H]12)c1csc(NC=O)n1. The van der Waals surface area contributed by atoms with Crippen LogP contribution in [-0.2, 0) is 28.8 Å². The Morgan fingerprint density at radius 3 is 2.78 bits per heavy atom. The lowest BCUT2D eigenvalue weighted by atomic mass is 10.1. The maximum absolute atomic E-state index is 13.0. The van der Waals surface area contributed by atoms with Crippen molar-refractivity contribution in [3.63, 3.8) is 0 Å². The van der Waals surface area contributed by atoms with Gasteiger partial charge in [0.2, 0.25) is 6.41 Å². The molecule has 4 amide bonds. The number of fused-ring (bicyclic) bond motifs is 1. The number of anilines is 1. The second-order valence-corrected chi connectivity index (χ2v) is 10.7. The first-order chi connectivity index (χ1) is 17.5. The second-order valence-electron chi connectivity index (χ2n) is 8.71. The van der Waals surface area contributed by atoms with Crippen LogP contribution in [0.25, 0.3) is 0 Å². The molecule has 2 atom stereocenters. The van der Waals surface area contributed by atoms with Gasteiger partial charge in [-0.15, -0.1) is 23.1 Å². The molecule has 1 fully saturated rings. The third kappa shape index (κ3) is 7.42. The molecule has 200 valence electrons. The summed E-state index contributed by atoms with van der Waals surface area (Å²) in [6.45, 7) is 5.53. The average Bonchev–Trinajstić information content (AvgIpc) is 3.28. The van der Waals surface area contributed by atoms with Gasteiger partial charge in [0.1, 0.15) is 29.3 Å². The van der Waals surface area contributed by atoms with E-state index in [1.54, 1.807) is 20.8 Å². The molecule has 0 aliphatic carbocycles. The second kappa shape index (κ2) is 12.1. The molecule has 0 bridgehead atoms. The lowest BCUT2D eigenvalue weighted by Crippen LogP contribution is -2.69. The van der Waals surface area contributed by atoms with Gasteiger partial charge in [-0.3, -0.25) is 14.4 Å². The zero-order valence-corrected chi connectivity index (χ0v) is 21.8. The summed E-state index contributed by atoms with van der Waals surface area (Å²) in [5.41, 5.74) is -0.632. The molecule has 1 unspecified atom stereocenters. The number of aliphatic carboxylic acids is 1. The van der Waals surface area contributed by atoms with Crippen LogP contribution >= 0.6 is 23.1 Å². The van der Waals surface area contributed by atoms with Gasteiger partial charge < -0.3 is 35.5 Å². The fourth-order valence-electron chi connectivity index (χ4n) is 3.10. The summed E-state index contributed by atoms with van der Waals surface area (Å²) in [6.07, 6.45) is 1.50. The Labute approximate surface area is 219 Å². The molecule has 0 aromatic carbocycles. The lowest BCUT2D eigenvalue weighted by Gasteiger charge is -2.46. The number of β-lactam (4-membered cyclic amide) rings is 1. The van der Waals surface area contributed by atoms with Crippen LogP contribution in [0.15, 0.2) is 22.3 Å². The standard InChI is InChI=1S/C21H26N6O8S2/c1-21(2,3)35-20(33)22-5-4-6-34-26-13(12-9-37-19(24-12)23-10-28)15(29)25-14-16(30)27-7-11(18(31)32)8-36-17(14)27/h7,9-10,14,17H,4-6,8H2,1-3H3,(H,22,33)(H,25,29)(H,31,32)(H,23,24,28)/t14?,17-/m1/s1. The molecule has 0 saturated carbocycles. The molecule has 14 nitrogen and oxygen atoms in total. The number of nitrogens with one attached hydrogen (secondary N) is 3. The number of carbonyl (C=O) groups excluding carboxylic acids is 4. The van der Waals surface area contributed by atoms with Crippen molar-refractivity contribution in [1.29, 1.82) is 0 Å². The van der Waals surface area contributed by atoms with E-state index in [4.69, 9.17) is 14.7 Å². The number of hydrogen-bond donors (Lipinski definition) is 4. The zero-order chi connectivity index (χ0) is 27.2. The van der Waals surface area contributed by atoms with Gasteiger partial charge in [0, 0.05) is 30.3 Å². The largest absolute Gasteiger partial charge is 0.478 e. The van der Waals surface area contributed by atoms with Crippen LogP contribution < -0.4 is 16.0 Å². The Morgan fingerprint density at radius 2 is 2.11 bits per heavy atom. The Morgan fingerprint density at radius 1 is 1.35 bits per heavy atom. The molecule has 16 heteroatoms. The molecular formula is C21H26N6O8S2. The van der Waals surface area contributed by atoms with Crippen LogP contribution in [-0.4, -0.2) is 86.9 Å². The first-order valence-corrected chi connectivity index (χ1v) is 12.9. The number of alkyl carbamates (subject to hydrolysis) is 1. The molecular weight excluding hydrogens is 528 g/mol. The van der Waals surface area contributed by atoms with E-state index >= 15 is 0 Å². The maximum Gasteiger partial charge on any atom is 0.407 e. The quantitative estimate of drug-likeness (QED) is 0.0997. The summed E-state index contributed by atoms with van der Waals surface area (Å²) >= 11 is 2.28. The molecule has 1 aromatic heterocycles. The Kier molecular flexibility index (Phi) is 9.09. The van der Waals surface area contributed by atoms with Gasteiger partial charge in [0.15, 0.2) is 10.8 Å². The van der Waals surface area contributed by atoms with Crippen molar-refractivity contribution in [1.82, 2.24) is 20.5 Å². The number of amides is 4. The van der Waals surface area contributed by atoms with Crippen LogP contribution in [0.4, 0.5) is 9.93 Å². The van der Waals surface area contributed by atoms with Crippen LogP contribution in [0.2, 0.25) is 0 Å². The van der Waals surface area contributed by atoms with E-state index in [-0.39, 0.29) is 41.0 Å². The minimum absolute atomic E-state index is 0.0491. The van der Waals surface area contributed by atoms with E-state index < -0.39 is 40.9 Å². The van der Waals surface area contributed by atoms with E-state index in [0.717, 1.165) is 11.3 Å². The highest BCUT2D eigenvalue weighted by molar-refractivity contribution is 8.00. The van der Waals surface area contributed by atoms with Crippen LogP contribution in [0, 0.1) is 0 Å². The number of carboxylic acid groups (broad SMARTS) is 1. The number of thiazole rings is 1. The van der Waals surface area contributed by atoms with Crippen molar-refractivity contribution in [2.75, 3.05) is 24.2 Å². The fourth-order valence-corrected chi connectivity index (χ4v) is 5.00. The molecule has 3 heterocycles. The topological polar surface area (TPSA) is 189 Å². The van der Waals surface area contributed by atoms with Gasteiger partial charge in [-0.05, 0) is 20.8 Å². The van der Waals surface area contributed by atoms with E-state index in [1.807, 2.05) is 0 Å². The first-order valence-electron chi connectivity index (χ1n) is 11.0. The molecule has 2 aliphatic rings. The van der Waals surface area contributed by atoms with Crippen LogP contribution in [0.1, 0.15) is 32.9 Å². The molecule has 1 saturated heterocycles. The average molecular weight is 555 g/mol. The molecule has 0 spiro atoms. The van der Waals surface area contributed by atoms with Gasteiger partial charge in [-0.1, -0.05) is 5.16 Å². The summed E-state index contributed by atoms with van der Waals surface area (Å²) in [5, 5.41) is 21.8. The molecule has 37 heavy (non-hydrogen) atoms. The predicted octanol–water partition coefficient (Wildman–Crippen LogP) is 0.715. The number of ether oxygens (including phenoxy) is 1. The highest BCUT2D eigenvalue weighted by atomic mass is 32.2. The summed E-state index contributed by atoms with van der Waals surface area (Å²) in [4.78, 5) is 69.8.